The van der Waals surface area contributed by atoms with E-state index >= 15 is 0 Å². The Morgan fingerprint density at radius 3 is 2.43 bits per heavy atom. The van der Waals surface area contributed by atoms with Crippen LogP contribution in [0.1, 0.15) is 12.5 Å². The fraction of sp³-hybridized carbons (Fsp3) is 0.467. The van der Waals surface area contributed by atoms with E-state index in [1.54, 1.807) is 18.2 Å². The molecule has 0 fully saturated rings. The number of amides is 2. The van der Waals surface area contributed by atoms with E-state index in [0.29, 0.717) is 18.7 Å². The smallest absolute Gasteiger partial charge is 0.239 e. The molecule has 1 aromatic rings. The zero-order valence-corrected chi connectivity index (χ0v) is 12.7. The number of likely N-dealkylation sites (N-methyl/N-ethyl adjacent to an activating group) is 1. The Hall–Kier alpha value is -1.95. The van der Waals surface area contributed by atoms with Crippen LogP contribution in [-0.2, 0) is 16.1 Å². The van der Waals surface area contributed by atoms with Crippen LogP contribution in [0, 0.1) is 5.82 Å². The Morgan fingerprint density at radius 1 is 1.19 bits per heavy atom. The Kier molecular flexibility index (Phi) is 6.81. The Morgan fingerprint density at radius 2 is 1.86 bits per heavy atom. The first-order chi connectivity index (χ1) is 9.90. The van der Waals surface area contributed by atoms with Gasteiger partial charge >= 0.3 is 0 Å². The van der Waals surface area contributed by atoms with Crippen LogP contribution >= 0.6 is 0 Å². The third-order valence-corrected chi connectivity index (χ3v) is 3.03. The van der Waals surface area contributed by atoms with Gasteiger partial charge < -0.3 is 15.1 Å². The molecule has 0 saturated carbocycles. The van der Waals surface area contributed by atoms with Gasteiger partial charge in [0.25, 0.3) is 0 Å². The molecule has 0 aromatic heterocycles. The first-order valence-corrected chi connectivity index (χ1v) is 6.80. The summed E-state index contributed by atoms with van der Waals surface area (Å²) in [5, 5.41) is 2.63. The molecule has 0 unspecified atom stereocenters. The van der Waals surface area contributed by atoms with Gasteiger partial charge in [-0.3, -0.25) is 9.59 Å². The lowest BCUT2D eigenvalue weighted by atomic mass is 10.2. The van der Waals surface area contributed by atoms with E-state index in [1.165, 1.54) is 17.9 Å². The average molecular weight is 295 g/mol. The van der Waals surface area contributed by atoms with Gasteiger partial charge in [-0.1, -0.05) is 18.2 Å². The Labute approximate surface area is 124 Å². The van der Waals surface area contributed by atoms with Crippen LogP contribution in [0.3, 0.4) is 0 Å². The number of nitrogens with zero attached hydrogens (tertiary/aromatic N) is 2. The number of carbonyl (C=O) groups is 2. The molecule has 21 heavy (non-hydrogen) atoms. The second-order valence-corrected chi connectivity index (χ2v) is 5.11. The minimum Gasteiger partial charge on any atom is -0.350 e. The van der Waals surface area contributed by atoms with Gasteiger partial charge in [0.1, 0.15) is 5.82 Å². The van der Waals surface area contributed by atoms with Crippen molar-refractivity contribution in [3.63, 3.8) is 0 Å². The minimum atomic E-state index is -0.353. The second-order valence-electron chi connectivity index (χ2n) is 5.11. The molecule has 0 saturated heterocycles. The highest BCUT2D eigenvalue weighted by Gasteiger charge is 2.13. The number of halogens is 1. The van der Waals surface area contributed by atoms with Gasteiger partial charge in [0.2, 0.25) is 11.8 Å². The molecule has 5 nitrogen and oxygen atoms in total. The van der Waals surface area contributed by atoms with E-state index in [9.17, 15) is 14.0 Å². The van der Waals surface area contributed by atoms with Crippen molar-refractivity contribution in [1.82, 2.24) is 15.1 Å². The topological polar surface area (TPSA) is 52.7 Å². The molecule has 2 amide bonds. The van der Waals surface area contributed by atoms with Crippen molar-refractivity contribution in [2.24, 2.45) is 0 Å². The molecule has 1 N–H and O–H groups in total. The van der Waals surface area contributed by atoms with Crippen LogP contribution in [0.5, 0.6) is 0 Å². The van der Waals surface area contributed by atoms with Crippen molar-refractivity contribution >= 4 is 11.8 Å². The molecule has 0 spiro atoms. The van der Waals surface area contributed by atoms with E-state index in [-0.39, 0.29) is 30.7 Å². The molecule has 0 radical (unpaired) electrons. The number of benzene rings is 1. The first kappa shape index (κ1) is 17.1. The maximum atomic E-state index is 13.4. The standard InChI is InChI=1S/C15H22FN3O2/c1-12(20)19(9-8-18(2)3)11-15(21)17-10-13-6-4-5-7-14(13)16/h4-7H,8-11H2,1-3H3,(H,17,21). The highest BCUT2D eigenvalue weighted by atomic mass is 19.1. The SMILES string of the molecule is CC(=O)N(CCN(C)C)CC(=O)NCc1ccccc1F. The minimum absolute atomic E-state index is 0.0162. The molecular formula is C15H22FN3O2. The number of rotatable bonds is 7. The molecule has 0 aliphatic rings. The monoisotopic (exact) mass is 295 g/mol. The molecule has 0 heterocycles. The largest absolute Gasteiger partial charge is 0.350 e. The van der Waals surface area contributed by atoms with Crippen LogP contribution in [-0.4, -0.2) is 55.3 Å². The summed E-state index contributed by atoms with van der Waals surface area (Å²) in [6, 6.07) is 6.27. The molecule has 0 atom stereocenters. The molecule has 1 rings (SSSR count). The summed E-state index contributed by atoms with van der Waals surface area (Å²) in [4.78, 5) is 26.7. The van der Waals surface area contributed by atoms with E-state index < -0.39 is 0 Å². The zero-order valence-electron chi connectivity index (χ0n) is 12.7. The number of hydrogen-bond acceptors (Lipinski definition) is 3. The highest BCUT2D eigenvalue weighted by Crippen LogP contribution is 2.05. The van der Waals surface area contributed by atoms with Crippen molar-refractivity contribution in [2.75, 3.05) is 33.7 Å². The van der Waals surface area contributed by atoms with E-state index in [4.69, 9.17) is 0 Å². The average Bonchev–Trinajstić information content (AvgIpc) is 2.42. The van der Waals surface area contributed by atoms with E-state index in [0.717, 1.165) is 0 Å². The quantitative estimate of drug-likeness (QED) is 0.811. The molecule has 0 aliphatic carbocycles. The summed E-state index contributed by atoms with van der Waals surface area (Å²) in [5.41, 5.74) is 0.425. The summed E-state index contributed by atoms with van der Waals surface area (Å²) in [5.74, 6) is -0.807. The lowest BCUT2D eigenvalue weighted by Crippen LogP contribution is -2.42. The Bertz CT molecular complexity index is 492. The maximum Gasteiger partial charge on any atom is 0.239 e. The van der Waals surface area contributed by atoms with E-state index in [1.807, 2.05) is 19.0 Å². The van der Waals surface area contributed by atoms with Crippen LogP contribution in [0.4, 0.5) is 4.39 Å². The molecule has 116 valence electrons. The predicted octanol–water partition coefficient (Wildman–Crippen LogP) is 0.852. The molecule has 0 bridgehead atoms. The summed E-state index contributed by atoms with van der Waals surface area (Å²) in [7, 11) is 3.80. The number of carbonyl (C=O) groups excluding carboxylic acids is 2. The van der Waals surface area contributed by atoms with Gasteiger partial charge in [0.05, 0.1) is 6.54 Å². The van der Waals surface area contributed by atoms with Gasteiger partial charge in [0, 0.05) is 32.1 Å². The van der Waals surface area contributed by atoms with Crippen LogP contribution in [0.15, 0.2) is 24.3 Å². The van der Waals surface area contributed by atoms with Crippen molar-refractivity contribution in [3.8, 4) is 0 Å². The molecule has 6 heteroatoms. The van der Waals surface area contributed by atoms with Crippen LogP contribution < -0.4 is 5.32 Å². The van der Waals surface area contributed by atoms with Crippen molar-refractivity contribution < 1.29 is 14.0 Å². The van der Waals surface area contributed by atoms with Crippen LogP contribution in [0.25, 0.3) is 0 Å². The van der Waals surface area contributed by atoms with Crippen molar-refractivity contribution in [1.29, 1.82) is 0 Å². The van der Waals surface area contributed by atoms with Crippen molar-refractivity contribution in [3.05, 3.63) is 35.6 Å². The normalized spacial score (nSPS) is 10.5. The lowest BCUT2D eigenvalue weighted by molar-refractivity contribution is -0.134. The van der Waals surface area contributed by atoms with Crippen molar-refractivity contribution in [2.45, 2.75) is 13.5 Å². The molecule has 0 aliphatic heterocycles. The van der Waals surface area contributed by atoms with Gasteiger partial charge in [-0.25, -0.2) is 4.39 Å². The lowest BCUT2D eigenvalue weighted by Gasteiger charge is -2.22. The summed E-state index contributed by atoms with van der Waals surface area (Å²) >= 11 is 0. The summed E-state index contributed by atoms with van der Waals surface area (Å²) in [6.45, 7) is 2.69. The third-order valence-electron chi connectivity index (χ3n) is 3.03. The molecular weight excluding hydrogens is 273 g/mol. The zero-order chi connectivity index (χ0) is 15.8. The summed E-state index contributed by atoms with van der Waals surface area (Å²) in [6.07, 6.45) is 0. The highest BCUT2D eigenvalue weighted by molar-refractivity contribution is 5.83. The van der Waals surface area contributed by atoms with Gasteiger partial charge in [-0.2, -0.15) is 0 Å². The number of hydrogen-bond donors (Lipinski definition) is 1. The third kappa shape index (κ3) is 6.35. The van der Waals surface area contributed by atoms with Gasteiger partial charge in [-0.15, -0.1) is 0 Å². The van der Waals surface area contributed by atoms with Crippen LogP contribution in [0.2, 0.25) is 0 Å². The van der Waals surface area contributed by atoms with E-state index in [2.05, 4.69) is 5.32 Å². The molecule has 1 aromatic carbocycles. The fourth-order valence-electron chi connectivity index (χ4n) is 1.73. The maximum absolute atomic E-state index is 13.4. The second kappa shape index (κ2) is 8.36. The number of nitrogens with one attached hydrogen (secondary N) is 1. The van der Waals surface area contributed by atoms with Gasteiger partial charge in [0.15, 0.2) is 0 Å². The predicted molar refractivity (Wildman–Crippen MR) is 79.1 cm³/mol. The Balaban J connectivity index is 2.47. The summed E-state index contributed by atoms with van der Waals surface area (Å²) < 4.78 is 13.4. The fourth-order valence-corrected chi connectivity index (χ4v) is 1.73. The first-order valence-electron chi connectivity index (χ1n) is 6.80. The van der Waals surface area contributed by atoms with Gasteiger partial charge in [-0.05, 0) is 20.2 Å².